The molecule has 0 amide bonds. The Morgan fingerprint density at radius 1 is 1.32 bits per heavy atom. The predicted octanol–water partition coefficient (Wildman–Crippen LogP) is 2.51. The SMILES string of the molecule is CCNC(=NCC1CCN(c2cc(Cl)ccc2C)C1)N1CC[C@@H](O)C1. The second kappa shape index (κ2) is 8.28. The largest absolute Gasteiger partial charge is 0.391 e. The highest BCUT2D eigenvalue weighted by Gasteiger charge is 2.26. The van der Waals surface area contributed by atoms with Gasteiger partial charge in [0.25, 0.3) is 0 Å². The van der Waals surface area contributed by atoms with Crippen molar-refractivity contribution in [1.82, 2.24) is 10.2 Å². The van der Waals surface area contributed by atoms with Crippen LogP contribution in [-0.2, 0) is 0 Å². The Morgan fingerprint density at radius 3 is 2.88 bits per heavy atom. The number of rotatable bonds is 4. The van der Waals surface area contributed by atoms with Gasteiger partial charge in [0.05, 0.1) is 6.10 Å². The number of halogens is 1. The topological polar surface area (TPSA) is 51.1 Å². The van der Waals surface area contributed by atoms with Crippen molar-refractivity contribution in [3.63, 3.8) is 0 Å². The van der Waals surface area contributed by atoms with E-state index < -0.39 is 0 Å². The first kappa shape index (κ1) is 18.3. The van der Waals surface area contributed by atoms with Crippen LogP contribution in [0.4, 0.5) is 5.69 Å². The number of β-amino-alcohol motifs (C(OH)–C–C–N with tert-alkyl or cyclic N) is 1. The summed E-state index contributed by atoms with van der Waals surface area (Å²) in [7, 11) is 0. The molecular weight excluding hydrogens is 336 g/mol. The Hall–Kier alpha value is -1.46. The molecular formula is C19H29ClN4O. The molecule has 3 rings (SSSR count). The van der Waals surface area contributed by atoms with E-state index in [0.717, 1.165) is 56.5 Å². The maximum Gasteiger partial charge on any atom is 0.194 e. The van der Waals surface area contributed by atoms with E-state index in [1.807, 2.05) is 6.07 Å². The van der Waals surface area contributed by atoms with Crippen molar-refractivity contribution in [2.24, 2.45) is 10.9 Å². The third-order valence-corrected chi connectivity index (χ3v) is 5.33. The van der Waals surface area contributed by atoms with Gasteiger partial charge in [-0.05, 0) is 50.3 Å². The predicted molar refractivity (Wildman–Crippen MR) is 105 cm³/mol. The number of aliphatic imine (C=N–C) groups is 1. The lowest BCUT2D eigenvalue weighted by molar-refractivity contribution is 0.187. The van der Waals surface area contributed by atoms with Gasteiger partial charge in [0.15, 0.2) is 5.96 Å². The van der Waals surface area contributed by atoms with Gasteiger partial charge in [0.2, 0.25) is 0 Å². The summed E-state index contributed by atoms with van der Waals surface area (Å²) >= 11 is 6.17. The van der Waals surface area contributed by atoms with Crippen molar-refractivity contribution in [1.29, 1.82) is 0 Å². The zero-order valence-corrected chi connectivity index (χ0v) is 16.0. The van der Waals surface area contributed by atoms with Crippen LogP contribution in [0.5, 0.6) is 0 Å². The summed E-state index contributed by atoms with van der Waals surface area (Å²) < 4.78 is 0. The van der Waals surface area contributed by atoms with Crippen LogP contribution in [0, 0.1) is 12.8 Å². The zero-order valence-electron chi connectivity index (χ0n) is 15.2. The molecule has 1 aromatic carbocycles. The van der Waals surface area contributed by atoms with Crippen molar-refractivity contribution in [3.8, 4) is 0 Å². The molecule has 5 nitrogen and oxygen atoms in total. The average molecular weight is 365 g/mol. The average Bonchev–Trinajstić information content (AvgIpc) is 3.23. The minimum absolute atomic E-state index is 0.225. The number of hydrogen-bond donors (Lipinski definition) is 2. The summed E-state index contributed by atoms with van der Waals surface area (Å²) in [4.78, 5) is 9.44. The molecule has 0 aliphatic carbocycles. The maximum absolute atomic E-state index is 9.76. The number of nitrogens with zero attached hydrogens (tertiary/aromatic N) is 3. The number of anilines is 1. The first-order chi connectivity index (χ1) is 12.1. The highest BCUT2D eigenvalue weighted by atomic mass is 35.5. The van der Waals surface area contributed by atoms with Gasteiger partial charge in [-0.1, -0.05) is 17.7 Å². The van der Waals surface area contributed by atoms with E-state index in [4.69, 9.17) is 16.6 Å². The number of guanidine groups is 1. The Balaban J connectivity index is 1.60. The normalized spacial score (nSPS) is 24.2. The third-order valence-electron chi connectivity index (χ3n) is 5.09. The number of aliphatic hydroxyl groups excluding tert-OH is 1. The molecule has 2 aliphatic heterocycles. The lowest BCUT2D eigenvalue weighted by atomic mass is 10.1. The Morgan fingerprint density at radius 2 is 2.16 bits per heavy atom. The van der Waals surface area contributed by atoms with E-state index in [1.54, 1.807) is 0 Å². The summed E-state index contributed by atoms with van der Waals surface area (Å²) in [5.41, 5.74) is 2.52. The molecule has 0 spiro atoms. The monoisotopic (exact) mass is 364 g/mol. The molecule has 2 N–H and O–H groups in total. The summed E-state index contributed by atoms with van der Waals surface area (Å²) in [5.74, 6) is 1.50. The van der Waals surface area contributed by atoms with Gasteiger partial charge in [-0.15, -0.1) is 0 Å². The second-order valence-corrected chi connectivity index (χ2v) is 7.55. The minimum Gasteiger partial charge on any atom is -0.391 e. The zero-order chi connectivity index (χ0) is 17.8. The molecule has 0 aromatic heterocycles. The van der Waals surface area contributed by atoms with Crippen LogP contribution in [0.25, 0.3) is 0 Å². The number of benzene rings is 1. The fraction of sp³-hybridized carbons (Fsp3) is 0.632. The highest BCUT2D eigenvalue weighted by Crippen LogP contribution is 2.29. The standard InChI is InChI=1S/C19H29ClN4O/c1-3-21-19(24-9-7-17(25)13-24)22-11-15-6-8-23(12-15)18-10-16(20)5-4-14(18)2/h4-5,10,15,17,25H,3,6-9,11-13H2,1-2H3,(H,21,22)/t15?,17-/m1/s1. The summed E-state index contributed by atoms with van der Waals surface area (Å²) in [5, 5.41) is 13.9. The van der Waals surface area contributed by atoms with E-state index in [0.29, 0.717) is 12.5 Å². The number of hydrogen-bond acceptors (Lipinski definition) is 3. The number of aryl methyl sites for hydroxylation is 1. The maximum atomic E-state index is 9.76. The van der Waals surface area contributed by atoms with Crippen molar-refractivity contribution in [2.45, 2.75) is 32.8 Å². The molecule has 2 aliphatic rings. The van der Waals surface area contributed by atoms with Crippen molar-refractivity contribution in [3.05, 3.63) is 28.8 Å². The summed E-state index contributed by atoms with van der Waals surface area (Å²) in [6.45, 7) is 9.54. The molecule has 138 valence electrons. The van der Waals surface area contributed by atoms with E-state index >= 15 is 0 Å². The van der Waals surface area contributed by atoms with Crippen LogP contribution in [0.1, 0.15) is 25.3 Å². The fourth-order valence-corrected chi connectivity index (χ4v) is 3.87. The molecule has 2 fully saturated rings. The molecule has 0 bridgehead atoms. The smallest absolute Gasteiger partial charge is 0.194 e. The van der Waals surface area contributed by atoms with Crippen LogP contribution in [-0.4, -0.2) is 61.3 Å². The third kappa shape index (κ3) is 4.59. The van der Waals surface area contributed by atoms with E-state index in [2.05, 4.69) is 41.1 Å². The van der Waals surface area contributed by atoms with Crippen molar-refractivity contribution >= 4 is 23.2 Å². The Bertz CT molecular complexity index is 621. The lowest BCUT2D eigenvalue weighted by Crippen LogP contribution is -2.40. The van der Waals surface area contributed by atoms with Crippen molar-refractivity contribution < 1.29 is 5.11 Å². The van der Waals surface area contributed by atoms with Gasteiger partial charge in [-0.25, -0.2) is 0 Å². The first-order valence-corrected chi connectivity index (χ1v) is 9.67. The van der Waals surface area contributed by atoms with Gasteiger partial charge in [-0.3, -0.25) is 4.99 Å². The van der Waals surface area contributed by atoms with Crippen molar-refractivity contribution in [2.75, 3.05) is 44.2 Å². The van der Waals surface area contributed by atoms with Crippen LogP contribution < -0.4 is 10.2 Å². The lowest BCUT2D eigenvalue weighted by Gasteiger charge is -2.22. The minimum atomic E-state index is -0.225. The van der Waals surface area contributed by atoms with Gasteiger partial charge in [-0.2, -0.15) is 0 Å². The van der Waals surface area contributed by atoms with Crippen LogP contribution in [0.3, 0.4) is 0 Å². The molecule has 6 heteroatoms. The molecule has 25 heavy (non-hydrogen) atoms. The first-order valence-electron chi connectivity index (χ1n) is 9.29. The Kier molecular flexibility index (Phi) is 6.07. The Labute approximate surface area is 155 Å². The van der Waals surface area contributed by atoms with E-state index in [1.165, 1.54) is 11.3 Å². The second-order valence-electron chi connectivity index (χ2n) is 7.11. The number of likely N-dealkylation sites (tertiary alicyclic amines) is 1. The number of aliphatic hydroxyl groups is 1. The van der Waals surface area contributed by atoms with E-state index in [-0.39, 0.29) is 6.10 Å². The van der Waals surface area contributed by atoms with Gasteiger partial charge < -0.3 is 20.2 Å². The molecule has 2 atom stereocenters. The molecule has 1 aromatic rings. The molecule has 0 saturated carbocycles. The van der Waals surface area contributed by atoms with Crippen LogP contribution in [0.2, 0.25) is 5.02 Å². The fourth-order valence-electron chi connectivity index (χ4n) is 3.70. The number of nitrogens with one attached hydrogen (secondary N) is 1. The summed E-state index contributed by atoms with van der Waals surface area (Å²) in [6, 6.07) is 6.11. The molecule has 2 heterocycles. The van der Waals surface area contributed by atoms with Crippen LogP contribution >= 0.6 is 11.6 Å². The molecule has 2 saturated heterocycles. The van der Waals surface area contributed by atoms with Gasteiger partial charge in [0.1, 0.15) is 0 Å². The molecule has 1 unspecified atom stereocenters. The van der Waals surface area contributed by atoms with Gasteiger partial charge in [0, 0.05) is 50.0 Å². The summed E-state index contributed by atoms with van der Waals surface area (Å²) in [6.07, 6.45) is 1.75. The van der Waals surface area contributed by atoms with Gasteiger partial charge >= 0.3 is 0 Å². The highest BCUT2D eigenvalue weighted by molar-refractivity contribution is 6.30. The quantitative estimate of drug-likeness (QED) is 0.636. The van der Waals surface area contributed by atoms with E-state index in [9.17, 15) is 5.11 Å². The van der Waals surface area contributed by atoms with Crippen LogP contribution in [0.15, 0.2) is 23.2 Å². The molecule has 0 radical (unpaired) electrons.